The fourth-order valence-corrected chi connectivity index (χ4v) is 1.72. The van der Waals surface area contributed by atoms with Gasteiger partial charge in [-0.05, 0) is 32.3 Å². The zero-order valence-corrected chi connectivity index (χ0v) is 12.0. The zero-order valence-electron chi connectivity index (χ0n) is 12.0. The number of methoxy groups -OCH3 is 1. The first kappa shape index (κ1) is 15.5. The fourth-order valence-electron chi connectivity index (χ4n) is 1.72. The largest absolute Gasteiger partial charge is 0.385 e. The molecule has 1 rings (SSSR count). The molecule has 0 aliphatic carbocycles. The van der Waals surface area contributed by atoms with E-state index in [9.17, 15) is 4.79 Å². The van der Waals surface area contributed by atoms with Crippen molar-refractivity contribution < 1.29 is 9.53 Å². The predicted octanol–water partition coefficient (Wildman–Crippen LogP) is 2.26. The maximum atomic E-state index is 11.6. The summed E-state index contributed by atoms with van der Waals surface area (Å²) < 4.78 is 4.97. The number of rotatable bonds is 7. The molecule has 2 amide bonds. The molecule has 0 heterocycles. The fraction of sp³-hybridized carbons (Fsp3) is 0.533. The molecule has 0 saturated carbocycles. The number of amides is 2. The molecule has 0 aliphatic heterocycles. The molecule has 0 fully saturated rings. The number of ether oxygens (including phenoxy) is 1. The highest BCUT2D eigenvalue weighted by Gasteiger charge is 2.05. The summed E-state index contributed by atoms with van der Waals surface area (Å²) in [5.74, 6) is 0. The number of urea groups is 1. The lowest BCUT2D eigenvalue weighted by Gasteiger charge is -2.14. The lowest BCUT2D eigenvalue weighted by atomic mass is 10.1. The normalized spacial score (nSPS) is 11.9. The predicted molar refractivity (Wildman–Crippen MR) is 77.4 cm³/mol. The molecule has 2 N–H and O–H groups in total. The highest BCUT2D eigenvalue weighted by molar-refractivity contribution is 5.74. The lowest BCUT2D eigenvalue weighted by Crippen LogP contribution is -2.41. The van der Waals surface area contributed by atoms with Crippen LogP contribution in [-0.4, -0.2) is 32.3 Å². The third-order valence-corrected chi connectivity index (χ3v) is 2.95. The van der Waals surface area contributed by atoms with Crippen molar-refractivity contribution in [2.45, 2.75) is 32.7 Å². The van der Waals surface area contributed by atoms with Crippen LogP contribution in [0.1, 0.15) is 24.5 Å². The third kappa shape index (κ3) is 6.82. The molecule has 4 nitrogen and oxygen atoms in total. The van der Waals surface area contributed by atoms with E-state index in [4.69, 9.17) is 4.74 Å². The second kappa shape index (κ2) is 8.53. The van der Waals surface area contributed by atoms with E-state index in [0.29, 0.717) is 13.2 Å². The highest BCUT2D eigenvalue weighted by Crippen LogP contribution is 2.03. The van der Waals surface area contributed by atoms with Crippen molar-refractivity contribution >= 4 is 6.03 Å². The Kier molecular flexibility index (Phi) is 6.97. The Labute approximate surface area is 115 Å². The van der Waals surface area contributed by atoms with Crippen molar-refractivity contribution in [3.05, 3.63) is 35.4 Å². The van der Waals surface area contributed by atoms with Crippen LogP contribution in [0.4, 0.5) is 4.79 Å². The van der Waals surface area contributed by atoms with E-state index in [-0.39, 0.29) is 12.1 Å². The van der Waals surface area contributed by atoms with Crippen LogP contribution in [0, 0.1) is 6.92 Å². The van der Waals surface area contributed by atoms with E-state index < -0.39 is 0 Å². The van der Waals surface area contributed by atoms with E-state index in [1.54, 1.807) is 7.11 Å². The molecule has 0 spiro atoms. The van der Waals surface area contributed by atoms with Crippen LogP contribution in [0.2, 0.25) is 0 Å². The Morgan fingerprint density at radius 3 is 2.63 bits per heavy atom. The maximum absolute atomic E-state index is 11.6. The molecule has 0 aromatic heterocycles. The highest BCUT2D eigenvalue weighted by atomic mass is 16.5. The van der Waals surface area contributed by atoms with E-state index in [2.05, 4.69) is 41.8 Å². The Hall–Kier alpha value is -1.55. The molecule has 0 aliphatic rings. The van der Waals surface area contributed by atoms with Gasteiger partial charge in [0.15, 0.2) is 0 Å². The summed E-state index contributed by atoms with van der Waals surface area (Å²) >= 11 is 0. The molecule has 1 aromatic carbocycles. The van der Waals surface area contributed by atoms with E-state index >= 15 is 0 Å². The number of benzene rings is 1. The van der Waals surface area contributed by atoms with Crippen LogP contribution in [0.25, 0.3) is 0 Å². The summed E-state index contributed by atoms with van der Waals surface area (Å²) in [5.41, 5.74) is 2.49. The second-order valence-electron chi connectivity index (χ2n) is 4.82. The standard InChI is InChI=1S/C15H24N2O2/c1-12-4-6-14(7-5-12)8-10-16-15(18)17-13(2)9-11-19-3/h4-7,13H,8-11H2,1-3H3,(H2,16,17,18)/t13-/m0/s1. The number of aryl methyl sites for hydroxylation is 1. The summed E-state index contributed by atoms with van der Waals surface area (Å²) in [6.45, 7) is 5.34. The van der Waals surface area contributed by atoms with Gasteiger partial charge < -0.3 is 15.4 Å². The van der Waals surface area contributed by atoms with Gasteiger partial charge in [0.25, 0.3) is 0 Å². The molecule has 4 heteroatoms. The molecule has 0 bridgehead atoms. The average Bonchev–Trinajstić information content (AvgIpc) is 2.38. The summed E-state index contributed by atoms with van der Waals surface area (Å²) in [6.07, 6.45) is 1.67. The smallest absolute Gasteiger partial charge is 0.315 e. The van der Waals surface area contributed by atoms with Crippen LogP contribution in [-0.2, 0) is 11.2 Å². The van der Waals surface area contributed by atoms with Crippen LogP contribution in [0.3, 0.4) is 0 Å². The van der Waals surface area contributed by atoms with E-state index in [1.165, 1.54) is 11.1 Å². The van der Waals surface area contributed by atoms with Crippen molar-refractivity contribution in [2.24, 2.45) is 0 Å². The summed E-state index contributed by atoms with van der Waals surface area (Å²) in [7, 11) is 1.66. The van der Waals surface area contributed by atoms with E-state index in [0.717, 1.165) is 12.8 Å². The topological polar surface area (TPSA) is 50.4 Å². The monoisotopic (exact) mass is 264 g/mol. The minimum atomic E-state index is -0.115. The number of hydrogen-bond acceptors (Lipinski definition) is 2. The summed E-state index contributed by atoms with van der Waals surface area (Å²) in [5, 5.41) is 5.74. The first-order chi connectivity index (χ1) is 9.11. The number of nitrogens with one attached hydrogen (secondary N) is 2. The van der Waals surface area contributed by atoms with Gasteiger partial charge in [-0.3, -0.25) is 0 Å². The van der Waals surface area contributed by atoms with Gasteiger partial charge in [-0.15, -0.1) is 0 Å². The molecule has 0 saturated heterocycles. The Balaban J connectivity index is 2.18. The summed E-state index contributed by atoms with van der Waals surface area (Å²) in [6, 6.07) is 8.37. The van der Waals surface area contributed by atoms with Crippen LogP contribution in [0.5, 0.6) is 0 Å². The lowest BCUT2D eigenvalue weighted by molar-refractivity contribution is 0.184. The van der Waals surface area contributed by atoms with E-state index in [1.807, 2.05) is 6.92 Å². The van der Waals surface area contributed by atoms with Gasteiger partial charge in [0.1, 0.15) is 0 Å². The van der Waals surface area contributed by atoms with Crippen molar-refractivity contribution in [2.75, 3.05) is 20.3 Å². The zero-order chi connectivity index (χ0) is 14.1. The first-order valence-electron chi connectivity index (χ1n) is 6.70. The first-order valence-corrected chi connectivity index (χ1v) is 6.70. The second-order valence-corrected chi connectivity index (χ2v) is 4.82. The molecule has 106 valence electrons. The van der Waals surface area contributed by atoms with Gasteiger partial charge in [0.2, 0.25) is 0 Å². The Morgan fingerprint density at radius 1 is 1.32 bits per heavy atom. The minimum Gasteiger partial charge on any atom is -0.385 e. The number of carbonyl (C=O) groups is 1. The molecular weight excluding hydrogens is 240 g/mol. The minimum absolute atomic E-state index is 0.115. The molecular formula is C15H24N2O2. The molecule has 1 atom stereocenters. The summed E-state index contributed by atoms with van der Waals surface area (Å²) in [4.78, 5) is 11.6. The van der Waals surface area contributed by atoms with Crippen molar-refractivity contribution in [3.8, 4) is 0 Å². The van der Waals surface area contributed by atoms with Gasteiger partial charge in [0, 0.05) is 26.3 Å². The van der Waals surface area contributed by atoms with Crippen molar-refractivity contribution in [1.82, 2.24) is 10.6 Å². The molecule has 1 aromatic rings. The molecule has 0 unspecified atom stereocenters. The third-order valence-electron chi connectivity index (χ3n) is 2.95. The van der Waals surface area contributed by atoms with Crippen LogP contribution in [0.15, 0.2) is 24.3 Å². The number of hydrogen-bond donors (Lipinski definition) is 2. The van der Waals surface area contributed by atoms with Gasteiger partial charge in [-0.2, -0.15) is 0 Å². The van der Waals surface area contributed by atoms with Crippen LogP contribution >= 0.6 is 0 Å². The SMILES string of the molecule is COCC[C@H](C)NC(=O)NCCc1ccc(C)cc1. The molecule has 0 radical (unpaired) electrons. The number of carbonyl (C=O) groups excluding carboxylic acids is 1. The van der Waals surface area contributed by atoms with Crippen molar-refractivity contribution in [3.63, 3.8) is 0 Å². The average molecular weight is 264 g/mol. The van der Waals surface area contributed by atoms with Gasteiger partial charge in [0.05, 0.1) is 0 Å². The molecule has 19 heavy (non-hydrogen) atoms. The quantitative estimate of drug-likeness (QED) is 0.793. The van der Waals surface area contributed by atoms with Gasteiger partial charge in [-0.1, -0.05) is 29.8 Å². The maximum Gasteiger partial charge on any atom is 0.315 e. The van der Waals surface area contributed by atoms with Crippen LogP contribution < -0.4 is 10.6 Å². The Bertz CT molecular complexity index is 376. The van der Waals surface area contributed by atoms with Gasteiger partial charge >= 0.3 is 6.03 Å². The van der Waals surface area contributed by atoms with Gasteiger partial charge in [-0.25, -0.2) is 4.79 Å². The van der Waals surface area contributed by atoms with Crippen molar-refractivity contribution in [1.29, 1.82) is 0 Å². The Morgan fingerprint density at radius 2 is 2.00 bits per heavy atom.